The number of aryl methyl sites for hydroxylation is 1. The normalized spacial score (nSPS) is 28.3. The molecule has 2 rings (SSSR count). The van der Waals surface area contributed by atoms with Gasteiger partial charge in [0.15, 0.2) is 0 Å². The maximum atomic E-state index is 6.00. The fourth-order valence-corrected chi connectivity index (χ4v) is 3.66. The monoisotopic (exact) mass is 245 g/mol. The summed E-state index contributed by atoms with van der Waals surface area (Å²) in [5, 5.41) is 0. The summed E-state index contributed by atoms with van der Waals surface area (Å²) in [7, 11) is 0. The minimum Gasteiger partial charge on any atom is -0.330 e. The van der Waals surface area contributed by atoms with E-state index < -0.39 is 0 Å². The van der Waals surface area contributed by atoms with Gasteiger partial charge in [-0.2, -0.15) is 0 Å². The maximum absolute atomic E-state index is 6.00. The van der Waals surface area contributed by atoms with Gasteiger partial charge >= 0.3 is 0 Å². The average Bonchev–Trinajstić information content (AvgIpc) is 2.40. The number of hydrogen-bond donors (Lipinski definition) is 1. The highest BCUT2D eigenvalue weighted by molar-refractivity contribution is 5.30. The molecule has 0 aliphatic heterocycles. The summed E-state index contributed by atoms with van der Waals surface area (Å²) in [5.74, 6) is 2.31. The van der Waals surface area contributed by atoms with E-state index in [0.717, 1.165) is 12.5 Å². The quantitative estimate of drug-likeness (QED) is 0.843. The Balaban J connectivity index is 2.18. The van der Waals surface area contributed by atoms with Gasteiger partial charge in [-0.1, -0.05) is 50.5 Å². The Morgan fingerprint density at radius 3 is 2.67 bits per heavy atom. The van der Waals surface area contributed by atoms with E-state index in [-0.39, 0.29) is 0 Å². The van der Waals surface area contributed by atoms with Crippen LogP contribution in [0.5, 0.6) is 0 Å². The zero-order valence-electron chi connectivity index (χ0n) is 11.9. The summed E-state index contributed by atoms with van der Waals surface area (Å²) in [6.45, 7) is 5.39. The Morgan fingerprint density at radius 2 is 2.00 bits per heavy atom. The highest BCUT2D eigenvalue weighted by Crippen LogP contribution is 2.42. The van der Waals surface area contributed by atoms with Gasteiger partial charge in [0.25, 0.3) is 0 Å². The second kappa shape index (κ2) is 6.38. The molecule has 0 spiro atoms. The molecule has 1 fully saturated rings. The van der Waals surface area contributed by atoms with Crippen LogP contribution in [0.15, 0.2) is 24.3 Å². The number of benzene rings is 1. The van der Waals surface area contributed by atoms with Crippen molar-refractivity contribution in [3.63, 3.8) is 0 Å². The van der Waals surface area contributed by atoms with E-state index in [2.05, 4.69) is 38.1 Å². The summed E-state index contributed by atoms with van der Waals surface area (Å²) in [6, 6.07) is 8.88. The molecule has 3 atom stereocenters. The Kier molecular flexibility index (Phi) is 4.82. The van der Waals surface area contributed by atoms with Crippen molar-refractivity contribution in [1.82, 2.24) is 0 Å². The maximum Gasteiger partial charge on any atom is -0.00430 e. The van der Waals surface area contributed by atoms with Crippen LogP contribution in [0.2, 0.25) is 0 Å². The largest absolute Gasteiger partial charge is 0.330 e. The Labute approximate surface area is 112 Å². The van der Waals surface area contributed by atoms with Crippen LogP contribution in [0.25, 0.3) is 0 Å². The van der Waals surface area contributed by atoms with Crippen LogP contribution in [-0.4, -0.2) is 6.54 Å². The van der Waals surface area contributed by atoms with E-state index >= 15 is 0 Å². The summed E-state index contributed by atoms with van der Waals surface area (Å²) < 4.78 is 0. The molecule has 2 N–H and O–H groups in total. The molecular formula is C17H27N. The van der Waals surface area contributed by atoms with E-state index in [4.69, 9.17) is 5.73 Å². The van der Waals surface area contributed by atoms with Gasteiger partial charge < -0.3 is 5.73 Å². The standard InChI is InChI=1S/C17H27N/c1-3-6-14-9-10-15(12-18)17(11-14)16-8-5-4-7-13(16)2/h4-5,7-8,14-15,17H,3,6,9-12,18H2,1-2H3. The number of rotatable bonds is 4. The first-order valence-electron chi connectivity index (χ1n) is 7.51. The van der Waals surface area contributed by atoms with Gasteiger partial charge in [0.05, 0.1) is 0 Å². The van der Waals surface area contributed by atoms with Gasteiger partial charge in [-0.05, 0) is 55.2 Å². The minimum absolute atomic E-state index is 0.694. The highest BCUT2D eigenvalue weighted by atomic mass is 14.6. The molecule has 1 aliphatic rings. The molecule has 1 aliphatic carbocycles. The molecule has 3 unspecified atom stereocenters. The van der Waals surface area contributed by atoms with Crippen molar-refractivity contribution in [1.29, 1.82) is 0 Å². The van der Waals surface area contributed by atoms with Gasteiger partial charge in [0.2, 0.25) is 0 Å². The summed E-state index contributed by atoms with van der Waals surface area (Å²) in [5.41, 5.74) is 8.99. The molecule has 1 aromatic carbocycles. The molecule has 0 amide bonds. The topological polar surface area (TPSA) is 26.0 Å². The van der Waals surface area contributed by atoms with Crippen molar-refractivity contribution < 1.29 is 0 Å². The van der Waals surface area contributed by atoms with E-state index in [1.54, 1.807) is 5.56 Å². The molecule has 1 nitrogen and oxygen atoms in total. The van der Waals surface area contributed by atoms with Crippen molar-refractivity contribution in [3.05, 3.63) is 35.4 Å². The first-order valence-corrected chi connectivity index (χ1v) is 7.51. The van der Waals surface area contributed by atoms with Crippen LogP contribution in [0.1, 0.15) is 56.1 Å². The molecule has 0 bridgehead atoms. The van der Waals surface area contributed by atoms with Gasteiger partial charge in [0, 0.05) is 0 Å². The lowest BCUT2D eigenvalue weighted by molar-refractivity contribution is 0.229. The van der Waals surface area contributed by atoms with Crippen LogP contribution >= 0.6 is 0 Å². The first kappa shape index (κ1) is 13.6. The molecule has 0 aromatic heterocycles. The second-order valence-corrected chi connectivity index (χ2v) is 5.93. The van der Waals surface area contributed by atoms with E-state index in [1.807, 2.05) is 0 Å². The minimum atomic E-state index is 0.694. The molecule has 0 heterocycles. The summed E-state index contributed by atoms with van der Waals surface area (Å²) >= 11 is 0. The molecule has 100 valence electrons. The third-order valence-electron chi connectivity index (χ3n) is 4.69. The van der Waals surface area contributed by atoms with Gasteiger partial charge in [-0.3, -0.25) is 0 Å². The lowest BCUT2D eigenvalue weighted by Crippen LogP contribution is -2.29. The molecular weight excluding hydrogens is 218 g/mol. The zero-order chi connectivity index (χ0) is 13.0. The smallest absolute Gasteiger partial charge is 0.00430 e. The van der Waals surface area contributed by atoms with Crippen LogP contribution in [0.4, 0.5) is 0 Å². The van der Waals surface area contributed by atoms with Crippen LogP contribution in [0.3, 0.4) is 0 Å². The Bertz CT molecular complexity index is 372. The second-order valence-electron chi connectivity index (χ2n) is 5.93. The van der Waals surface area contributed by atoms with Gasteiger partial charge in [-0.15, -0.1) is 0 Å². The van der Waals surface area contributed by atoms with Crippen molar-refractivity contribution in [2.75, 3.05) is 6.54 Å². The van der Waals surface area contributed by atoms with Gasteiger partial charge in [-0.25, -0.2) is 0 Å². The summed E-state index contributed by atoms with van der Waals surface area (Å²) in [4.78, 5) is 0. The Hall–Kier alpha value is -0.820. The van der Waals surface area contributed by atoms with Gasteiger partial charge in [0.1, 0.15) is 0 Å². The predicted molar refractivity (Wildman–Crippen MR) is 78.7 cm³/mol. The lowest BCUT2D eigenvalue weighted by atomic mass is 9.69. The van der Waals surface area contributed by atoms with Crippen molar-refractivity contribution in [3.8, 4) is 0 Å². The predicted octanol–water partition coefficient (Wildman–Crippen LogP) is 4.25. The van der Waals surface area contributed by atoms with Crippen LogP contribution < -0.4 is 5.73 Å². The SMILES string of the molecule is CCCC1CCC(CN)C(c2ccccc2C)C1. The fraction of sp³-hybridized carbons (Fsp3) is 0.647. The van der Waals surface area contributed by atoms with E-state index in [1.165, 1.54) is 37.7 Å². The molecule has 1 aromatic rings. The van der Waals surface area contributed by atoms with Crippen molar-refractivity contribution in [2.24, 2.45) is 17.6 Å². The summed E-state index contributed by atoms with van der Waals surface area (Å²) in [6.07, 6.45) is 6.76. The Morgan fingerprint density at radius 1 is 1.22 bits per heavy atom. The number of hydrogen-bond acceptors (Lipinski definition) is 1. The van der Waals surface area contributed by atoms with Crippen molar-refractivity contribution in [2.45, 2.75) is 51.9 Å². The zero-order valence-corrected chi connectivity index (χ0v) is 11.9. The molecule has 0 saturated heterocycles. The third kappa shape index (κ3) is 2.95. The lowest BCUT2D eigenvalue weighted by Gasteiger charge is -2.36. The molecule has 1 heteroatoms. The number of nitrogens with two attached hydrogens (primary N) is 1. The van der Waals surface area contributed by atoms with Crippen LogP contribution in [0, 0.1) is 18.8 Å². The first-order chi connectivity index (χ1) is 8.76. The van der Waals surface area contributed by atoms with Crippen molar-refractivity contribution >= 4 is 0 Å². The molecule has 1 saturated carbocycles. The highest BCUT2D eigenvalue weighted by Gasteiger charge is 2.30. The fourth-order valence-electron chi connectivity index (χ4n) is 3.66. The molecule has 18 heavy (non-hydrogen) atoms. The third-order valence-corrected chi connectivity index (χ3v) is 4.69. The van der Waals surface area contributed by atoms with E-state index in [0.29, 0.717) is 11.8 Å². The van der Waals surface area contributed by atoms with E-state index in [9.17, 15) is 0 Å². The van der Waals surface area contributed by atoms with Crippen LogP contribution in [-0.2, 0) is 0 Å². The molecule has 0 radical (unpaired) electrons. The average molecular weight is 245 g/mol.